The number of aliphatic hydroxyl groups is 2. The molecule has 0 radical (unpaired) electrons. The first-order valence-electron chi connectivity index (χ1n) is 34.3. The largest absolute Gasteiger partial charge is 0.510 e. The number of ether oxygens (including phenoxy) is 15. The van der Waals surface area contributed by atoms with Gasteiger partial charge in [-0.05, 0) is 59.3 Å². The van der Waals surface area contributed by atoms with Crippen LogP contribution in [-0.2, 0) is 128 Å². The molecule has 104 heavy (non-hydrogen) atoms. The molecular formula is C67H104N5O31P. The average Bonchev–Trinajstić information content (AvgIpc) is 0.835. The Morgan fingerprint density at radius 1 is 0.654 bits per heavy atom. The van der Waals surface area contributed by atoms with Crippen molar-refractivity contribution >= 4 is 67.2 Å². The van der Waals surface area contributed by atoms with Gasteiger partial charge in [0.15, 0.2) is 73.9 Å². The van der Waals surface area contributed by atoms with Crippen LogP contribution in [0.25, 0.3) is 0 Å². The predicted octanol–water partition coefficient (Wildman–Crippen LogP) is 2.39. The summed E-state index contributed by atoms with van der Waals surface area (Å²) in [4.78, 5) is 142. The van der Waals surface area contributed by atoms with Gasteiger partial charge in [-0.15, -0.1) is 0 Å². The van der Waals surface area contributed by atoms with Gasteiger partial charge in [-0.3, -0.25) is 47.4 Å². The molecule has 1 aliphatic carbocycles. The van der Waals surface area contributed by atoms with Gasteiger partial charge in [0.05, 0.1) is 63.4 Å². The topological polar surface area (TPSA) is 493 Å². The van der Waals surface area contributed by atoms with E-state index in [1.165, 1.54) is 27.7 Å². The Morgan fingerprint density at radius 3 is 1.77 bits per heavy atom. The Morgan fingerprint density at radius 2 is 1.22 bits per heavy atom. The molecule has 10 N–H and O–H groups in total. The molecule has 0 aromatic carbocycles. The Hall–Kier alpha value is -6.61. The molecule has 27 atom stereocenters. The molecule has 5 heterocycles. The summed E-state index contributed by atoms with van der Waals surface area (Å²) in [6.45, 7) is 22.0. The molecule has 0 spiro atoms. The number of esters is 4. The molecule has 588 valence electrons. The fourth-order valence-electron chi connectivity index (χ4n) is 13.3. The summed E-state index contributed by atoms with van der Waals surface area (Å²) in [7, 11) is -4.66. The van der Waals surface area contributed by atoms with Gasteiger partial charge in [-0.25, -0.2) is 14.2 Å². The standard InChI is InChI=1S/C67H104N5O31P/c1-28(2)19-18-20-29(3)23-24-88-46(60(82)87-17)27-91-104(85,86)103-65-55(56(102-66(69)83)67(16,84)57(101-65)58(68)80)100-62-48(71-38(12)74)35(9)51(45(96-62)26-90-63-53(93-40(14)76)31(5)30(4)44(95-63)25-89-39(13)75)98-61-47(70-37(11)73)34(8)50(36(10)92-61)97-64-54(94-41(15)77)33(7)32(6)52(99-64)59(81)72-49-42(78)21-22-43(49)79/h19,23,30-36,44-48,50-57,61-65,78,84H,18,20-22,24-27H2,1-17H3,(H2,68,80)(H2,69,83)(H,70,73)(H,71,74)(H,72,81)(H,85,86)/b29-23-/t30-,31+,32-,33+,34-,35-,36?,44?,45?,46-,47?,48?,50-,51-,52?,53?,54?,55?,56-,57?,61+,62+,63-,64-,65+,67+/m1/s1. The number of ketones is 1. The SMILES string of the molecule is COC(=O)[C@@H](COP(=O)(O)O[C@@H]1OC(C(N)=O)[C@@](C)(O)[C@H](OC(N)=O)C1O[C@@H]1OC(CO[C@@H]2OC(COC(C)=O)[C@H](C)[C@H](C)C2OC(C)=O)[C@H](O[C@@H]2OC(C)[C@H](O[C@@H]3OC(C(=O)NC4=C(O)CCC4=O)[C@H](C)[C@H](C)C3OC(C)=O)[C@H](C)C2NC(C)=O)[C@H](C)C1NC(C)=O)OC/C=C(/C)CCC=C(C)C. The van der Waals surface area contributed by atoms with Gasteiger partial charge in [0.25, 0.3) is 5.91 Å². The number of nitrogens with two attached hydrogens (primary N) is 2. The molecule has 36 nitrogen and oxygen atoms in total. The molecule has 5 aliphatic heterocycles. The van der Waals surface area contributed by atoms with E-state index in [-0.39, 0.29) is 37.5 Å². The minimum Gasteiger partial charge on any atom is -0.510 e. The Labute approximate surface area is 603 Å². The fourth-order valence-corrected chi connectivity index (χ4v) is 14.1. The summed E-state index contributed by atoms with van der Waals surface area (Å²) in [6, 6.07) is -2.74. The maximum absolute atomic E-state index is 14.3. The third-order valence-corrected chi connectivity index (χ3v) is 20.2. The Kier molecular flexibility index (Phi) is 31.3. The summed E-state index contributed by atoms with van der Waals surface area (Å²) in [5.41, 5.74) is 10.3. The lowest BCUT2D eigenvalue weighted by Gasteiger charge is -2.52. The number of methoxy groups -OCH3 is 1. The number of nitrogens with one attached hydrogen (secondary N) is 3. The van der Waals surface area contributed by atoms with E-state index in [4.69, 9.17) is 91.6 Å². The zero-order valence-corrected chi connectivity index (χ0v) is 62.5. The Bertz CT molecular complexity index is 3220. The van der Waals surface area contributed by atoms with E-state index in [0.29, 0.717) is 12.8 Å². The third-order valence-electron chi connectivity index (χ3n) is 19.2. The predicted molar refractivity (Wildman–Crippen MR) is 355 cm³/mol. The number of amides is 5. The van der Waals surface area contributed by atoms with Gasteiger partial charge < -0.3 is 114 Å². The molecule has 5 fully saturated rings. The molecule has 11 unspecified atom stereocenters. The van der Waals surface area contributed by atoms with E-state index in [1.54, 1.807) is 47.6 Å². The van der Waals surface area contributed by atoms with E-state index >= 15 is 0 Å². The monoisotopic (exact) mass is 1510 g/mol. The summed E-state index contributed by atoms with van der Waals surface area (Å²) >= 11 is 0. The van der Waals surface area contributed by atoms with Crippen LogP contribution in [0.2, 0.25) is 0 Å². The van der Waals surface area contributed by atoms with Crippen LogP contribution in [0.5, 0.6) is 0 Å². The zero-order chi connectivity index (χ0) is 77.7. The van der Waals surface area contributed by atoms with E-state index in [9.17, 15) is 67.6 Å². The van der Waals surface area contributed by atoms with E-state index < -0.39 is 238 Å². The van der Waals surface area contributed by atoms with Crippen LogP contribution in [0.15, 0.2) is 34.8 Å². The maximum atomic E-state index is 14.3. The number of phosphoric ester groups is 1. The van der Waals surface area contributed by atoms with Crippen molar-refractivity contribution in [1.82, 2.24) is 16.0 Å². The smallest absolute Gasteiger partial charge is 0.474 e. The lowest BCUT2D eigenvalue weighted by Crippen LogP contribution is -2.71. The van der Waals surface area contributed by atoms with Crippen LogP contribution in [0.3, 0.4) is 0 Å². The first-order valence-corrected chi connectivity index (χ1v) is 35.8. The van der Waals surface area contributed by atoms with Gasteiger partial charge in [0.2, 0.25) is 17.7 Å². The zero-order valence-electron chi connectivity index (χ0n) is 61.6. The van der Waals surface area contributed by atoms with E-state index in [2.05, 4.69) is 16.0 Å². The number of rotatable bonds is 31. The van der Waals surface area contributed by atoms with Crippen molar-refractivity contribution in [3.63, 3.8) is 0 Å². The van der Waals surface area contributed by atoms with Crippen LogP contribution < -0.4 is 27.4 Å². The number of allylic oxidation sites excluding steroid dienone is 5. The minimum absolute atomic E-state index is 0.0175. The lowest BCUT2D eigenvalue weighted by molar-refractivity contribution is -0.367. The molecule has 6 rings (SSSR count). The van der Waals surface area contributed by atoms with Crippen LogP contribution in [0.4, 0.5) is 4.79 Å². The van der Waals surface area contributed by atoms with Crippen LogP contribution in [0, 0.1) is 35.5 Å². The van der Waals surface area contributed by atoms with E-state index in [1.807, 2.05) is 26.8 Å². The number of hydrogen-bond acceptors (Lipinski definition) is 30. The quantitative estimate of drug-likeness (QED) is 0.0214. The Balaban J connectivity index is 1.42. The van der Waals surface area contributed by atoms with Crippen molar-refractivity contribution in [1.29, 1.82) is 0 Å². The second-order valence-corrected chi connectivity index (χ2v) is 29.0. The molecule has 0 bridgehead atoms. The van der Waals surface area contributed by atoms with Crippen LogP contribution in [0.1, 0.15) is 136 Å². The van der Waals surface area contributed by atoms with Crippen molar-refractivity contribution < 1.29 is 148 Å². The summed E-state index contributed by atoms with van der Waals surface area (Å²) in [5.74, 6) is -11.9. The molecule has 6 aliphatic rings. The number of aliphatic hydroxyl groups excluding tert-OH is 1. The lowest BCUT2D eigenvalue weighted by atomic mass is 9.82. The summed E-state index contributed by atoms with van der Waals surface area (Å²) < 4.78 is 117. The second kappa shape index (κ2) is 37.8. The summed E-state index contributed by atoms with van der Waals surface area (Å²) in [5, 5.41) is 30.7. The van der Waals surface area contributed by atoms with Gasteiger partial charge >= 0.3 is 37.8 Å². The van der Waals surface area contributed by atoms with E-state index in [0.717, 1.165) is 39.0 Å². The highest BCUT2D eigenvalue weighted by atomic mass is 31.2. The molecule has 37 heteroatoms. The molecule has 5 saturated heterocycles. The van der Waals surface area contributed by atoms with Crippen molar-refractivity contribution in [2.24, 2.45) is 47.0 Å². The maximum Gasteiger partial charge on any atom is 0.474 e. The number of carbonyl (C=O) groups is 10. The second-order valence-electron chi connectivity index (χ2n) is 27.6. The van der Waals surface area contributed by atoms with Crippen molar-refractivity contribution in [3.8, 4) is 0 Å². The third kappa shape index (κ3) is 22.7. The highest BCUT2D eigenvalue weighted by molar-refractivity contribution is 7.47. The van der Waals surface area contributed by atoms with Crippen LogP contribution in [-0.4, -0.2) is 230 Å². The number of Topliss-reactive ketones (excluding diaryl/α,β-unsaturated/α-hetero) is 1. The van der Waals surface area contributed by atoms with Gasteiger partial charge in [0, 0.05) is 71.1 Å². The van der Waals surface area contributed by atoms with Crippen molar-refractivity contribution in [2.75, 3.05) is 33.5 Å². The molecular weight excluding hydrogens is 1400 g/mol. The minimum atomic E-state index is -5.69. The molecule has 0 aromatic heterocycles. The number of primary amides is 2. The van der Waals surface area contributed by atoms with Crippen LogP contribution >= 0.6 is 7.82 Å². The first kappa shape index (κ1) is 86.3. The number of hydrogen-bond donors (Lipinski definition) is 8. The number of phosphoric acid groups is 1. The highest BCUT2D eigenvalue weighted by Gasteiger charge is 2.62. The van der Waals surface area contributed by atoms with Crippen molar-refractivity contribution in [3.05, 3.63) is 34.8 Å². The highest BCUT2D eigenvalue weighted by Crippen LogP contribution is 2.50. The normalized spacial score (nSPS) is 36.1. The van der Waals surface area contributed by atoms with Gasteiger partial charge in [0.1, 0.15) is 35.9 Å². The first-order chi connectivity index (χ1) is 48.6. The molecule has 5 amide bonds. The summed E-state index contributed by atoms with van der Waals surface area (Å²) in [6.07, 6.45) is -23.9. The average molecular weight is 1510 g/mol. The molecule has 0 aromatic rings. The number of carbonyl (C=O) groups excluding carboxylic acids is 10. The molecule has 0 saturated carbocycles. The van der Waals surface area contributed by atoms with Crippen molar-refractivity contribution in [2.45, 2.75) is 259 Å². The van der Waals surface area contributed by atoms with Gasteiger partial charge in [-0.1, -0.05) is 64.8 Å². The van der Waals surface area contributed by atoms with Gasteiger partial charge in [-0.2, -0.15) is 0 Å². The fraction of sp³-hybridized carbons (Fsp3) is 0.761.